The molecule has 0 bridgehead atoms. The van der Waals surface area contributed by atoms with Crippen LogP contribution in [0.25, 0.3) is 0 Å². The Bertz CT molecular complexity index is 598. The summed E-state index contributed by atoms with van der Waals surface area (Å²) >= 11 is 0. The smallest absolute Gasteiger partial charge is 0.277 e. The van der Waals surface area contributed by atoms with Gasteiger partial charge in [0, 0.05) is 0 Å². The Morgan fingerprint density at radius 2 is 2.05 bits per heavy atom. The number of hydrogen-bond donors (Lipinski definition) is 2. The summed E-state index contributed by atoms with van der Waals surface area (Å²) in [4.78, 5) is 25.6. The molecule has 1 aliphatic carbocycles. The molecule has 1 aromatic heterocycles. The Balaban J connectivity index is 1.83. The molecule has 0 spiro atoms. The van der Waals surface area contributed by atoms with E-state index in [0.717, 1.165) is 12.8 Å². The zero-order chi connectivity index (χ0) is 13.8. The van der Waals surface area contributed by atoms with Crippen molar-refractivity contribution < 1.29 is 9.90 Å². The van der Waals surface area contributed by atoms with Crippen LogP contribution in [0, 0.1) is 19.8 Å². The van der Waals surface area contributed by atoms with Gasteiger partial charge in [0.25, 0.3) is 11.5 Å². The van der Waals surface area contributed by atoms with Gasteiger partial charge in [-0.15, -0.1) is 0 Å². The monoisotopic (exact) mass is 263 g/mol. The van der Waals surface area contributed by atoms with Crippen molar-refractivity contribution in [3.8, 4) is 0 Å². The van der Waals surface area contributed by atoms with Crippen molar-refractivity contribution in [2.45, 2.75) is 32.3 Å². The molecular weight excluding hydrogens is 246 g/mol. The molecule has 1 aromatic rings. The minimum atomic E-state index is -0.724. The number of amides is 1. The molecule has 3 rings (SSSR count). The molecular formula is C13H17N3O3. The number of H-pyrrole nitrogens is 1. The van der Waals surface area contributed by atoms with E-state index in [1.54, 1.807) is 13.8 Å². The molecule has 0 unspecified atom stereocenters. The number of carbonyl (C=O) groups excluding carboxylic acids is 1. The van der Waals surface area contributed by atoms with Crippen molar-refractivity contribution in [3.63, 3.8) is 0 Å². The minimum Gasteiger partial charge on any atom is -0.386 e. The number of nitrogens with one attached hydrogen (secondary N) is 1. The van der Waals surface area contributed by atoms with E-state index >= 15 is 0 Å². The van der Waals surface area contributed by atoms with Gasteiger partial charge in [0.1, 0.15) is 11.2 Å². The lowest BCUT2D eigenvalue weighted by Gasteiger charge is -2.47. The third-order valence-corrected chi connectivity index (χ3v) is 4.24. The maximum Gasteiger partial charge on any atom is 0.277 e. The van der Waals surface area contributed by atoms with Gasteiger partial charge in [0.15, 0.2) is 0 Å². The fraction of sp³-hybridized carbons (Fsp3) is 0.615. The first-order valence-electron chi connectivity index (χ1n) is 6.50. The maximum absolute atomic E-state index is 12.3. The Morgan fingerprint density at radius 3 is 2.63 bits per heavy atom. The molecule has 102 valence electrons. The van der Waals surface area contributed by atoms with Gasteiger partial charge >= 0.3 is 0 Å². The average molecular weight is 263 g/mol. The third kappa shape index (κ3) is 1.87. The number of aryl methyl sites for hydroxylation is 1. The average Bonchev–Trinajstić information content (AvgIpc) is 3.14. The lowest BCUT2D eigenvalue weighted by Crippen LogP contribution is -2.65. The second-order valence-electron chi connectivity index (χ2n) is 5.68. The fourth-order valence-corrected chi connectivity index (χ4v) is 2.68. The van der Waals surface area contributed by atoms with Crippen LogP contribution in [0.4, 0.5) is 0 Å². The quantitative estimate of drug-likeness (QED) is 0.785. The summed E-state index contributed by atoms with van der Waals surface area (Å²) in [5, 5.41) is 16.4. The number of aromatic nitrogens is 2. The second-order valence-corrected chi connectivity index (χ2v) is 5.68. The third-order valence-electron chi connectivity index (χ3n) is 4.24. The normalized spacial score (nSPS) is 21.1. The first-order chi connectivity index (χ1) is 8.92. The van der Waals surface area contributed by atoms with Crippen LogP contribution >= 0.6 is 0 Å². The van der Waals surface area contributed by atoms with E-state index < -0.39 is 11.2 Å². The highest BCUT2D eigenvalue weighted by molar-refractivity contribution is 5.96. The van der Waals surface area contributed by atoms with Gasteiger partial charge in [-0.1, -0.05) is 0 Å². The van der Waals surface area contributed by atoms with Crippen molar-refractivity contribution in [2.75, 3.05) is 13.1 Å². The van der Waals surface area contributed by atoms with Gasteiger partial charge in [-0.05, 0) is 38.2 Å². The van der Waals surface area contributed by atoms with Crippen molar-refractivity contribution >= 4 is 5.91 Å². The van der Waals surface area contributed by atoms with E-state index in [0.29, 0.717) is 30.3 Å². The minimum absolute atomic E-state index is 0.144. The molecule has 1 aliphatic heterocycles. The summed E-state index contributed by atoms with van der Waals surface area (Å²) in [6.07, 6.45) is 2.07. The van der Waals surface area contributed by atoms with E-state index in [1.807, 2.05) is 0 Å². The number of β-amino-alcohol motifs (C(OH)–C–C–N with tert-alkyl or cyclic N) is 1. The highest BCUT2D eigenvalue weighted by Crippen LogP contribution is 2.44. The van der Waals surface area contributed by atoms with E-state index in [-0.39, 0.29) is 11.5 Å². The molecule has 2 N–H and O–H groups in total. The first-order valence-corrected chi connectivity index (χ1v) is 6.50. The number of carbonyl (C=O) groups is 1. The van der Waals surface area contributed by atoms with Gasteiger partial charge in [0.05, 0.1) is 18.8 Å². The summed E-state index contributed by atoms with van der Waals surface area (Å²) in [6, 6.07) is 0. The molecule has 6 heteroatoms. The molecule has 1 saturated carbocycles. The molecule has 2 aliphatic rings. The Morgan fingerprint density at radius 1 is 1.42 bits per heavy atom. The number of aromatic amines is 1. The second kappa shape index (κ2) is 3.90. The fourth-order valence-electron chi connectivity index (χ4n) is 2.68. The topological polar surface area (TPSA) is 86.3 Å². The van der Waals surface area contributed by atoms with Crippen molar-refractivity contribution in [1.82, 2.24) is 15.1 Å². The van der Waals surface area contributed by atoms with Crippen LogP contribution in [0.3, 0.4) is 0 Å². The van der Waals surface area contributed by atoms with Crippen molar-refractivity contribution in [3.05, 3.63) is 27.2 Å². The molecule has 19 heavy (non-hydrogen) atoms. The first kappa shape index (κ1) is 12.3. The molecule has 0 aromatic carbocycles. The summed E-state index contributed by atoms with van der Waals surface area (Å²) in [5.41, 5.74) is 0.204. The number of likely N-dealkylation sites (tertiary alicyclic amines) is 1. The summed E-state index contributed by atoms with van der Waals surface area (Å²) in [7, 11) is 0. The van der Waals surface area contributed by atoms with Crippen molar-refractivity contribution in [2.24, 2.45) is 5.92 Å². The Kier molecular flexibility index (Phi) is 2.53. The van der Waals surface area contributed by atoms with Crippen LogP contribution in [-0.4, -0.2) is 44.8 Å². The SMILES string of the molecule is Cc1n[nH]c(=O)c(C(=O)N2CC(O)(C3CC3)C2)c1C. The largest absolute Gasteiger partial charge is 0.386 e. The Hall–Kier alpha value is -1.69. The van der Waals surface area contributed by atoms with Crippen molar-refractivity contribution in [1.29, 1.82) is 0 Å². The van der Waals surface area contributed by atoms with Crippen LogP contribution in [0.15, 0.2) is 4.79 Å². The number of rotatable bonds is 2. The zero-order valence-corrected chi connectivity index (χ0v) is 11.1. The van der Waals surface area contributed by atoms with Gasteiger partial charge in [-0.2, -0.15) is 5.10 Å². The predicted molar refractivity (Wildman–Crippen MR) is 67.9 cm³/mol. The summed E-state index contributed by atoms with van der Waals surface area (Å²) in [5.74, 6) is 0.0182. The standard InChI is InChI=1S/C13H17N3O3/c1-7-8(2)14-15-11(17)10(7)12(18)16-5-13(19,6-16)9-3-4-9/h9,19H,3-6H2,1-2H3,(H,15,17). The van der Waals surface area contributed by atoms with Crippen LogP contribution in [0.2, 0.25) is 0 Å². The van der Waals surface area contributed by atoms with E-state index in [1.165, 1.54) is 4.90 Å². The predicted octanol–water partition coefficient (Wildman–Crippen LogP) is -0.0164. The molecule has 0 atom stereocenters. The zero-order valence-electron chi connectivity index (χ0n) is 11.1. The number of nitrogens with zero attached hydrogens (tertiary/aromatic N) is 2. The molecule has 1 saturated heterocycles. The van der Waals surface area contributed by atoms with E-state index in [4.69, 9.17) is 0 Å². The van der Waals surface area contributed by atoms with Gasteiger partial charge < -0.3 is 10.0 Å². The van der Waals surface area contributed by atoms with E-state index in [9.17, 15) is 14.7 Å². The van der Waals surface area contributed by atoms with E-state index in [2.05, 4.69) is 10.2 Å². The number of aliphatic hydroxyl groups is 1. The number of hydrogen-bond acceptors (Lipinski definition) is 4. The molecule has 1 amide bonds. The molecule has 6 nitrogen and oxygen atoms in total. The maximum atomic E-state index is 12.3. The molecule has 0 radical (unpaired) electrons. The summed E-state index contributed by atoms with van der Waals surface area (Å²) in [6.45, 7) is 4.13. The van der Waals surface area contributed by atoms with Gasteiger partial charge in [-0.25, -0.2) is 5.10 Å². The molecule has 2 fully saturated rings. The van der Waals surface area contributed by atoms with Crippen LogP contribution in [0.1, 0.15) is 34.5 Å². The van der Waals surface area contributed by atoms with Gasteiger partial charge in [-0.3, -0.25) is 9.59 Å². The van der Waals surface area contributed by atoms with Crippen LogP contribution in [-0.2, 0) is 0 Å². The highest BCUT2D eigenvalue weighted by atomic mass is 16.3. The summed E-state index contributed by atoms with van der Waals surface area (Å²) < 4.78 is 0. The lowest BCUT2D eigenvalue weighted by atomic mass is 9.88. The Labute approximate surface area is 110 Å². The highest BCUT2D eigenvalue weighted by Gasteiger charge is 2.53. The lowest BCUT2D eigenvalue weighted by molar-refractivity contribution is -0.0958. The van der Waals surface area contributed by atoms with Crippen LogP contribution in [0.5, 0.6) is 0 Å². The van der Waals surface area contributed by atoms with Gasteiger partial charge in [0.2, 0.25) is 0 Å². The van der Waals surface area contributed by atoms with Crippen LogP contribution < -0.4 is 5.56 Å². The molecule has 2 heterocycles.